The Morgan fingerprint density at radius 3 is 2.71 bits per heavy atom. The van der Waals surface area contributed by atoms with Gasteiger partial charge in [-0.25, -0.2) is 13.4 Å². The Morgan fingerprint density at radius 2 is 2.29 bits per heavy atom. The van der Waals surface area contributed by atoms with Crippen LogP contribution in [0.5, 0.6) is 0 Å². The summed E-state index contributed by atoms with van der Waals surface area (Å²) in [5.41, 5.74) is 0. The average Bonchev–Trinajstić information content (AvgIpc) is 2.51. The van der Waals surface area contributed by atoms with E-state index in [1.54, 1.807) is 4.57 Å². The zero-order valence-corrected chi connectivity index (χ0v) is 9.72. The van der Waals surface area contributed by atoms with Crippen molar-refractivity contribution < 1.29 is 8.42 Å². The van der Waals surface area contributed by atoms with Crippen LogP contribution >= 0.6 is 10.7 Å². The molecule has 0 fully saturated rings. The molecule has 0 N–H and O–H groups in total. The maximum absolute atomic E-state index is 10.9. The molecule has 0 amide bonds. The minimum atomic E-state index is -3.68. The normalized spacial score (nSPS) is 14.2. The molecule has 1 unspecified atom stereocenters. The molecule has 1 aromatic rings. The van der Waals surface area contributed by atoms with Crippen molar-refractivity contribution in [1.82, 2.24) is 9.55 Å². The summed E-state index contributed by atoms with van der Waals surface area (Å²) in [6.07, 6.45) is 3.98. The summed E-state index contributed by atoms with van der Waals surface area (Å²) >= 11 is 0. The Bertz CT molecular complexity index is 399. The van der Waals surface area contributed by atoms with Gasteiger partial charge in [-0.05, 0) is 5.92 Å². The molecule has 14 heavy (non-hydrogen) atoms. The van der Waals surface area contributed by atoms with Crippen molar-refractivity contribution in [2.24, 2.45) is 5.92 Å². The Kier molecular flexibility index (Phi) is 3.55. The van der Waals surface area contributed by atoms with Gasteiger partial charge in [0.25, 0.3) is 9.05 Å². The number of nitrogens with zero attached hydrogens (tertiary/aromatic N) is 2. The van der Waals surface area contributed by atoms with Gasteiger partial charge in [0.15, 0.2) is 5.03 Å². The van der Waals surface area contributed by atoms with E-state index in [-0.39, 0.29) is 5.03 Å². The number of halogens is 1. The van der Waals surface area contributed by atoms with E-state index in [2.05, 4.69) is 18.8 Å². The van der Waals surface area contributed by atoms with Crippen molar-refractivity contribution in [2.45, 2.75) is 31.8 Å². The van der Waals surface area contributed by atoms with E-state index in [0.29, 0.717) is 5.92 Å². The Morgan fingerprint density at radius 1 is 1.64 bits per heavy atom. The molecule has 0 spiro atoms. The van der Waals surface area contributed by atoms with E-state index in [4.69, 9.17) is 10.7 Å². The highest BCUT2D eigenvalue weighted by atomic mass is 35.7. The Labute approximate surface area is 88.3 Å². The molecule has 0 bridgehead atoms. The lowest BCUT2D eigenvalue weighted by molar-refractivity contribution is 0.468. The summed E-state index contributed by atoms with van der Waals surface area (Å²) in [6.45, 7) is 4.94. The van der Waals surface area contributed by atoms with Crippen LogP contribution in [0.1, 0.15) is 20.3 Å². The largest absolute Gasteiger partial charge is 0.336 e. The van der Waals surface area contributed by atoms with Crippen LogP contribution in [0.3, 0.4) is 0 Å². The molecule has 0 saturated carbocycles. The topological polar surface area (TPSA) is 52.0 Å². The van der Waals surface area contributed by atoms with Crippen LogP contribution in [0.15, 0.2) is 17.6 Å². The second-order valence-electron chi connectivity index (χ2n) is 3.36. The van der Waals surface area contributed by atoms with Crippen molar-refractivity contribution in [2.75, 3.05) is 0 Å². The van der Waals surface area contributed by atoms with Crippen LogP contribution in [0.2, 0.25) is 0 Å². The van der Waals surface area contributed by atoms with Crippen LogP contribution < -0.4 is 0 Å². The van der Waals surface area contributed by atoms with Gasteiger partial charge < -0.3 is 4.57 Å². The third kappa shape index (κ3) is 2.99. The van der Waals surface area contributed by atoms with E-state index in [0.717, 1.165) is 13.0 Å². The van der Waals surface area contributed by atoms with Gasteiger partial charge in [-0.1, -0.05) is 20.3 Å². The number of hydrogen-bond acceptors (Lipinski definition) is 3. The highest BCUT2D eigenvalue weighted by molar-refractivity contribution is 8.13. The molecular formula is C8H13ClN2O2S. The summed E-state index contributed by atoms with van der Waals surface area (Å²) < 4.78 is 23.5. The summed E-state index contributed by atoms with van der Waals surface area (Å²) in [5, 5.41) is -0.0810. The van der Waals surface area contributed by atoms with Gasteiger partial charge in [0.05, 0.1) is 6.33 Å². The lowest BCUT2D eigenvalue weighted by Crippen LogP contribution is -2.04. The lowest BCUT2D eigenvalue weighted by atomic mass is 10.1. The van der Waals surface area contributed by atoms with Crippen molar-refractivity contribution in [3.8, 4) is 0 Å². The van der Waals surface area contributed by atoms with Gasteiger partial charge in [-0.2, -0.15) is 0 Å². The van der Waals surface area contributed by atoms with Crippen molar-refractivity contribution in [1.29, 1.82) is 0 Å². The smallest absolute Gasteiger partial charge is 0.280 e. The summed E-state index contributed by atoms with van der Waals surface area (Å²) in [6, 6.07) is 0. The maximum atomic E-state index is 10.9. The van der Waals surface area contributed by atoms with Crippen molar-refractivity contribution >= 4 is 19.7 Å². The molecule has 4 nitrogen and oxygen atoms in total. The van der Waals surface area contributed by atoms with Crippen LogP contribution in [0.25, 0.3) is 0 Å². The third-order valence-corrected chi connectivity index (χ3v) is 3.26. The van der Waals surface area contributed by atoms with E-state index in [1.807, 2.05) is 0 Å². The first-order chi connectivity index (χ1) is 6.43. The van der Waals surface area contributed by atoms with Crippen LogP contribution in [-0.2, 0) is 15.6 Å². The highest BCUT2D eigenvalue weighted by Crippen LogP contribution is 2.13. The molecular weight excluding hydrogens is 224 g/mol. The first-order valence-electron chi connectivity index (χ1n) is 4.40. The Hall–Kier alpha value is -0.550. The monoisotopic (exact) mass is 236 g/mol. The predicted octanol–water partition coefficient (Wildman–Crippen LogP) is 1.86. The fraction of sp³-hybridized carbons (Fsp3) is 0.625. The summed E-state index contributed by atoms with van der Waals surface area (Å²) in [7, 11) is 1.45. The zero-order chi connectivity index (χ0) is 10.8. The van der Waals surface area contributed by atoms with Crippen molar-refractivity contribution in [3.63, 3.8) is 0 Å². The molecule has 1 rings (SSSR count). The summed E-state index contributed by atoms with van der Waals surface area (Å²) in [5.74, 6) is 0.495. The van der Waals surface area contributed by atoms with E-state index in [1.165, 1.54) is 12.5 Å². The molecule has 0 saturated heterocycles. The van der Waals surface area contributed by atoms with Gasteiger partial charge in [0.1, 0.15) is 0 Å². The number of hydrogen-bond donors (Lipinski definition) is 0. The quantitative estimate of drug-likeness (QED) is 0.750. The van der Waals surface area contributed by atoms with Gasteiger partial charge in [0, 0.05) is 23.4 Å². The zero-order valence-electron chi connectivity index (χ0n) is 8.14. The maximum Gasteiger partial charge on any atom is 0.280 e. The van der Waals surface area contributed by atoms with Crippen LogP contribution in [0, 0.1) is 5.92 Å². The second kappa shape index (κ2) is 4.31. The van der Waals surface area contributed by atoms with Crippen LogP contribution in [-0.4, -0.2) is 18.0 Å². The first kappa shape index (κ1) is 11.5. The van der Waals surface area contributed by atoms with Gasteiger partial charge in [-0.15, -0.1) is 0 Å². The minimum absolute atomic E-state index is 0.0810. The predicted molar refractivity (Wildman–Crippen MR) is 54.7 cm³/mol. The van der Waals surface area contributed by atoms with Gasteiger partial charge >= 0.3 is 0 Å². The average molecular weight is 237 g/mol. The van der Waals surface area contributed by atoms with Gasteiger partial charge in [0.2, 0.25) is 0 Å². The van der Waals surface area contributed by atoms with Gasteiger partial charge in [-0.3, -0.25) is 0 Å². The minimum Gasteiger partial charge on any atom is -0.336 e. The van der Waals surface area contributed by atoms with Crippen molar-refractivity contribution in [3.05, 3.63) is 12.5 Å². The Balaban J connectivity index is 2.79. The molecule has 0 radical (unpaired) electrons. The third-order valence-electron chi connectivity index (χ3n) is 2.08. The molecule has 1 aromatic heterocycles. The molecule has 0 aliphatic carbocycles. The summed E-state index contributed by atoms with van der Waals surface area (Å²) in [4.78, 5) is 3.72. The standard InChI is InChI=1S/C8H13ClN2O2S/c1-3-7(2)4-11-5-8(10-6-11)14(9,12)13/h5-7H,3-4H2,1-2H3. The number of imidazole rings is 1. The van der Waals surface area contributed by atoms with E-state index in [9.17, 15) is 8.42 Å². The van der Waals surface area contributed by atoms with E-state index >= 15 is 0 Å². The molecule has 1 atom stereocenters. The molecule has 6 heteroatoms. The molecule has 0 aliphatic heterocycles. The number of aromatic nitrogens is 2. The second-order valence-corrected chi connectivity index (χ2v) is 5.87. The first-order valence-corrected chi connectivity index (χ1v) is 6.71. The fourth-order valence-corrected chi connectivity index (χ4v) is 1.73. The fourth-order valence-electron chi connectivity index (χ4n) is 1.05. The molecule has 1 heterocycles. The number of rotatable bonds is 4. The lowest BCUT2D eigenvalue weighted by Gasteiger charge is -2.07. The molecule has 0 aliphatic rings. The molecule has 0 aromatic carbocycles. The molecule has 80 valence electrons. The highest BCUT2D eigenvalue weighted by Gasteiger charge is 2.13. The van der Waals surface area contributed by atoms with Crippen LogP contribution in [0.4, 0.5) is 0 Å². The van der Waals surface area contributed by atoms with E-state index < -0.39 is 9.05 Å². The SMILES string of the molecule is CCC(C)Cn1cnc(S(=O)(=O)Cl)c1.